The largest absolute Gasteiger partial charge is 0.354 e. The minimum atomic E-state index is -0.395. The number of hydrogen-bond donors (Lipinski definition) is 2. The minimum Gasteiger partial charge on any atom is -0.354 e. The quantitative estimate of drug-likeness (QED) is 0.226. The van der Waals surface area contributed by atoms with Gasteiger partial charge in [0.15, 0.2) is 5.96 Å². The van der Waals surface area contributed by atoms with E-state index >= 15 is 0 Å². The highest BCUT2D eigenvalue weighted by Crippen LogP contribution is 2.11. The molecule has 0 saturated carbocycles. The number of halogens is 1. The van der Waals surface area contributed by atoms with Crippen molar-refractivity contribution in [2.24, 2.45) is 10.9 Å². The van der Waals surface area contributed by atoms with Crippen LogP contribution in [0.25, 0.3) is 0 Å². The van der Waals surface area contributed by atoms with Crippen LogP contribution >= 0.6 is 24.0 Å². The Morgan fingerprint density at radius 2 is 1.83 bits per heavy atom. The molecule has 0 amide bonds. The molecule has 23 heavy (non-hydrogen) atoms. The van der Waals surface area contributed by atoms with Crippen molar-refractivity contribution < 1.29 is 4.92 Å². The van der Waals surface area contributed by atoms with Gasteiger partial charge in [-0.1, -0.05) is 26.0 Å². The first-order chi connectivity index (χ1) is 10.4. The molecule has 0 aliphatic rings. The van der Waals surface area contributed by atoms with Crippen LogP contribution in [0.2, 0.25) is 0 Å². The highest BCUT2D eigenvalue weighted by molar-refractivity contribution is 14.0. The van der Waals surface area contributed by atoms with Crippen molar-refractivity contribution in [2.45, 2.75) is 46.2 Å². The van der Waals surface area contributed by atoms with Crippen LogP contribution in [0.3, 0.4) is 0 Å². The Hall–Kier alpha value is -1.38. The molecule has 1 atom stereocenters. The molecular formula is C16H27IN4O2. The van der Waals surface area contributed by atoms with Gasteiger partial charge in [0.2, 0.25) is 0 Å². The Morgan fingerprint density at radius 1 is 1.22 bits per heavy atom. The van der Waals surface area contributed by atoms with E-state index in [9.17, 15) is 10.1 Å². The summed E-state index contributed by atoms with van der Waals surface area (Å²) < 4.78 is 0. The monoisotopic (exact) mass is 434 g/mol. The standard InChI is InChI=1S/C16H26N4O2.HI/c1-12(2)5-6-13(3)19-16(17-4)18-11-14-7-9-15(10-8-14)20(21)22;/h7-10,12-13H,5-6,11H2,1-4H3,(H2,17,18,19);1H. The minimum absolute atomic E-state index is 0. The van der Waals surface area contributed by atoms with E-state index in [-0.39, 0.29) is 29.7 Å². The number of nitro groups is 1. The lowest BCUT2D eigenvalue weighted by atomic mass is 10.0. The SMILES string of the molecule is CN=C(NCc1ccc([N+](=O)[O-])cc1)NC(C)CCC(C)C.I. The fourth-order valence-corrected chi connectivity index (χ4v) is 2.00. The Morgan fingerprint density at radius 3 is 2.30 bits per heavy atom. The molecule has 1 rings (SSSR count). The Bertz CT molecular complexity index is 503. The molecule has 0 aliphatic heterocycles. The number of nitrogens with one attached hydrogen (secondary N) is 2. The third-order valence-electron chi connectivity index (χ3n) is 3.39. The van der Waals surface area contributed by atoms with Gasteiger partial charge in [0.1, 0.15) is 0 Å². The van der Waals surface area contributed by atoms with Crippen LogP contribution in [-0.4, -0.2) is 24.0 Å². The Kier molecular flexibility index (Phi) is 10.5. The molecule has 7 heteroatoms. The molecule has 2 N–H and O–H groups in total. The molecule has 0 aliphatic carbocycles. The van der Waals surface area contributed by atoms with Crippen molar-refractivity contribution in [1.82, 2.24) is 10.6 Å². The predicted molar refractivity (Wildman–Crippen MR) is 105 cm³/mol. The van der Waals surface area contributed by atoms with E-state index in [1.54, 1.807) is 19.2 Å². The summed E-state index contributed by atoms with van der Waals surface area (Å²) in [6, 6.07) is 6.88. The number of aliphatic imine (C=N–C) groups is 1. The van der Waals surface area contributed by atoms with Crippen LogP contribution in [0.5, 0.6) is 0 Å². The summed E-state index contributed by atoms with van der Waals surface area (Å²) >= 11 is 0. The number of guanidine groups is 1. The average molecular weight is 434 g/mol. The fourth-order valence-electron chi connectivity index (χ4n) is 2.00. The highest BCUT2D eigenvalue weighted by Gasteiger charge is 2.07. The lowest BCUT2D eigenvalue weighted by Crippen LogP contribution is -2.41. The van der Waals surface area contributed by atoms with Gasteiger partial charge in [0.05, 0.1) is 4.92 Å². The van der Waals surface area contributed by atoms with Gasteiger partial charge in [-0.3, -0.25) is 15.1 Å². The van der Waals surface area contributed by atoms with E-state index in [4.69, 9.17) is 0 Å². The summed E-state index contributed by atoms with van der Waals surface area (Å²) in [7, 11) is 1.74. The van der Waals surface area contributed by atoms with Crippen LogP contribution in [-0.2, 0) is 6.54 Å². The van der Waals surface area contributed by atoms with Crippen molar-refractivity contribution >= 4 is 35.6 Å². The molecule has 0 heterocycles. The number of non-ortho nitro benzene ring substituents is 1. The zero-order valence-corrected chi connectivity index (χ0v) is 16.5. The zero-order valence-electron chi connectivity index (χ0n) is 14.2. The van der Waals surface area contributed by atoms with Crippen molar-refractivity contribution in [3.63, 3.8) is 0 Å². The maximum absolute atomic E-state index is 10.6. The van der Waals surface area contributed by atoms with Crippen LogP contribution in [0.4, 0.5) is 5.69 Å². The first kappa shape index (κ1) is 21.6. The predicted octanol–water partition coefficient (Wildman–Crippen LogP) is 3.70. The number of rotatable bonds is 7. The van der Waals surface area contributed by atoms with Crippen LogP contribution in [0.1, 0.15) is 39.2 Å². The summed E-state index contributed by atoms with van der Waals surface area (Å²) in [5.74, 6) is 1.44. The third kappa shape index (κ3) is 8.73. The zero-order chi connectivity index (χ0) is 16.5. The summed E-state index contributed by atoms with van der Waals surface area (Å²) in [5, 5.41) is 17.2. The second-order valence-electron chi connectivity index (χ2n) is 5.87. The van der Waals surface area contributed by atoms with Gasteiger partial charge in [0.25, 0.3) is 5.69 Å². The van der Waals surface area contributed by atoms with Crippen LogP contribution in [0.15, 0.2) is 29.3 Å². The van der Waals surface area contributed by atoms with E-state index < -0.39 is 4.92 Å². The molecule has 0 saturated heterocycles. The number of benzene rings is 1. The van der Waals surface area contributed by atoms with Gasteiger partial charge in [-0.2, -0.15) is 0 Å². The van der Waals surface area contributed by atoms with Gasteiger partial charge in [0, 0.05) is 31.8 Å². The summed E-state index contributed by atoms with van der Waals surface area (Å²) in [6.07, 6.45) is 2.27. The molecule has 1 unspecified atom stereocenters. The smallest absolute Gasteiger partial charge is 0.269 e. The lowest BCUT2D eigenvalue weighted by molar-refractivity contribution is -0.384. The average Bonchev–Trinajstić information content (AvgIpc) is 2.49. The van der Waals surface area contributed by atoms with Crippen LogP contribution in [0, 0.1) is 16.0 Å². The van der Waals surface area contributed by atoms with Gasteiger partial charge in [-0.25, -0.2) is 0 Å². The van der Waals surface area contributed by atoms with Crippen LogP contribution < -0.4 is 10.6 Å². The van der Waals surface area contributed by atoms with Crippen molar-refractivity contribution in [2.75, 3.05) is 7.05 Å². The topological polar surface area (TPSA) is 79.6 Å². The highest BCUT2D eigenvalue weighted by atomic mass is 127. The normalized spacial score (nSPS) is 12.5. The van der Waals surface area contributed by atoms with Gasteiger partial charge < -0.3 is 10.6 Å². The molecule has 0 radical (unpaired) electrons. The molecular weight excluding hydrogens is 407 g/mol. The van der Waals surface area contributed by atoms with Gasteiger partial charge in [-0.15, -0.1) is 24.0 Å². The van der Waals surface area contributed by atoms with Crippen molar-refractivity contribution in [1.29, 1.82) is 0 Å². The van der Waals surface area contributed by atoms with E-state index in [1.807, 2.05) is 0 Å². The molecule has 0 spiro atoms. The molecule has 130 valence electrons. The molecule has 0 aromatic heterocycles. The second kappa shape index (κ2) is 11.2. The molecule has 1 aromatic carbocycles. The second-order valence-corrected chi connectivity index (χ2v) is 5.87. The Balaban J connectivity index is 0.00000484. The summed E-state index contributed by atoms with van der Waals surface area (Å²) in [5.41, 5.74) is 1.08. The van der Waals surface area contributed by atoms with Gasteiger partial charge >= 0.3 is 0 Å². The van der Waals surface area contributed by atoms with E-state index in [0.29, 0.717) is 18.5 Å². The molecule has 0 fully saturated rings. The third-order valence-corrected chi connectivity index (χ3v) is 3.39. The maximum Gasteiger partial charge on any atom is 0.269 e. The van der Waals surface area contributed by atoms with Gasteiger partial charge in [-0.05, 0) is 31.2 Å². The fraction of sp³-hybridized carbons (Fsp3) is 0.562. The van der Waals surface area contributed by atoms with Crippen molar-refractivity contribution in [3.05, 3.63) is 39.9 Å². The summed E-state index contributed by atoms with van der Waals surface area (Å²) in [4.78, 5) is 14.4. The van der Waals surface area contributed by atoms with E-state index in [1.165, 1.54) is 18.6 Å². The first-order valence-corrected chi connectivity index (χ1v) is 7.63. The number of nitro benzene ring substituents is 1. The summed E-state index contributed by atoms with van der Waals surface area (Å²) in [6.45, 7) is 7.15. The molecule has 0 bridgehead atoms. The number of nitrogens with zero attached hydrogens (tertiary/aromatic N) is 2. The lowest BCUT2D eigenvalue weighted by Gasteiger charge is -2.18. The van der Waals surface area contributed by atoms with Crippen molar-refractivity contribution in [3.8, 4) is 0 Å². The van der Waals surface area contributed by atoms with E-state index in [2.05, 4.69) is 36.4 Å². The van der Waals surface area contributed by atoms with E-state index in [0.717, 1.165) is 17.9 Å². The number of hydrogen-bond acceptors (Lipinski definition) is 3. The molecule has 1 aromatic rings. The maximum atomic E-state index is 10.6. The molecule has 6 nitrogen and oxygen atoms in total. The Labute approximate surface area is 155 Å². The first-order valence-electron chi connectivity index (χ1n) is 7.63.